The van der Waals surface area contributed by atoms with Crippen LogP contribution < -0.4 is 14.8 Å². The van der Waals surface area contributed by atoms with Crippen LogP contribution in [-0.2, 0) is 10.0 Å². The van der Waals surface area contributed by atoms with Crippen molar-refractivity contribution in [3.63, 3.8) is 0 Å². The molecule has 0 amide bonds. The molecular formula is C14H21ClN2O3S. The molecule has 1 aliphatic heterocycles. The summed E-state index contributed by atoms with van der Waals surface area (Å²) in [4.78, 5) is 0.260. The first-order valence-electron chi connectivity index (χ1n) is 6.73. The van der Waals surface area contributed by atoms with Gasteiger partial charge in [-0.15, -0.1) is 12.4 Å². The summed E-state index contributed by atoms with van der Waals surface area (Å²) in [5.41, 5.74) is 1.12. The molecule has 0 radical (unpaired) electrons. The summed E-state index contributed by atoms with van der Waals surface area (Å²) in [5, 5.41) is 3.19. The van der Waals surface area contributed by atoms with Gasteiger partial charge < -0.3 is 10.1 Å². The molecule has 0 bridgehead atoms. The molecule has 118 valence electrons. The third-order valence-corrected chi connectivity index (χ3v) is 4.51. The Morgan fingerprint density at radius 2 is 2.00 bits per heavy atom. The SMILES string of the molecule is CCOc1ccc(S(=O)(=O)NCC2=CCNCC2)cc1.Cl. The van der Waals surface area contributed by atoms with Crippen molar-refractivity contribution in [1.29, 1.82) is 0 Å². The van der Waals surface area contributed by atoms with Crippen molar-refractivity contribution in [3.05, 3.63) is 35.9 Å². The molecule has 1 aromatic carbocycles. The molecule has 0 aliphatic carbocycles. The summed E-state index contributed by atoms with van der Waals surface area (Å²) in [6.45, 7) is 4.53. The second kappa shape index (κ2) is 8.38. The van der Waals surface area contributed by atoms with E-state index in [0.717, 1.165) is 25.1 Å². The quantitative estimate of drug-likeness (QED) is 0.778. The van der Waals surface area contributed by atoms with Crippen LogP contribution in [0.3, 0.4) is 0 Å². The fraction of sp³-hybridized carbons (Fsp3) is 0.429. The van der Waals surface area contributed by atoms with Gasteiger partial charge >= 0.3 is 0 Å². The fourth-order valence-electron chi connectivity index (χ4n) is 1.98. The van der Waals surface area contributed by atoms with Crippen LogP contribution >= 0.6 is 12.4 Å². The highest BCUT2D eigenvalue weighted by Gasteiger charge is 2.14. The van der Waals surface area contributed by atoms with Gasteiger partial charge in [0.15, 0.2) is 0 Å². The Hall–Kier alpha value is -1.08. The second-order valence-electron chi connectivity index (χ2n) is 4.55. The zero-order valence-electron chi connectivity index (χ0n) is 12.0. The summed E-state index contributed by atoms with van der Waals surface area (Å²) < 4.78 is 32.2. The number of hydrogen-bond donors (Lipinski definition) is 2. The van der Waals surface area contributed by atoms with Crippen molar-refractivity contribution in [1.82, 2.24) is 10.0 Å². The molecule has 0 unspecified atom stereocenters. The Kier molecular flexibility index (Phi) is 7.17. The smallest absolute Gasteiger partial charge is 0.240 e. The number of halogens is 1. The van der Waals surface area contributed by atoms with Gasteiger partial charge in [0.2, 0.25) is 10.0 Å². The van der Waals surface area contributed by atoms with Crippen molar-refractivity contribution in [2.45, 2.75) is 18.2 Å². The van der Waals surface area contributed by atoms with E-state index in [2.05, 4.69) is 10.0 Å². The number of rotatable bonds is 6. The highest BCUT2D eigenvalue weighted by Crippen LogP contribution is 2.16. The second-order valence-corrected chi connectivity index (χ2v) is 6.31. The average Bonchev–Trinajstić information content (AvgIpc) is 2.47. The first kappa shape index (κ1) is 18.0. The Bertz CT molecular complexity index is 570. The number of benzene rings is 1. The Morgan fingerprint density at radius 3 is 2.57 bits per heavy atom. The lowest BCUT2D eigenvalue weighted by Crippen LogP contribution is -2.29. The first-order chi connectivity index (χ1) is 9.62. The zero-order valence-corrected chi connectivity index (χ0v) is 13.6. The molecule has 5 nitrogen and oxygen atoms in total. The van der Waals surface area contributed by atoms with Crippen LogP contribution in [0.1, 0.15) is 13.3 Å². The van der Waals surface area contributed by atoms with Gasteiger partial charge in [-0.1, -0.05) is 11.6 Å². The van der Waals surface area contributed by atoms with Gasteiger partial charge in [0.1, 0.15) is 5.75 Å². The van der Waals surface area contributed by atoms with Crippen LogP contribution in [0.25, 0.3) is 0 Å². The molecule has 1 aliphatic rings. The minimum absolute atomic E-state index is 0. The van der Waals surface area contributed by atoms with E-state index in [1.54, 1.807) is 24.3 Å². The van der Waals surface area contributed by atoms with Gasteiger partial charge in [-0.2, -0.15) is 0 Å². The van der Waals surface area contributed by atoms with Crippen LogP contribution in [-0.4, -0.2) is 34.7 Å². The van der Waals surface area contributed by atoms with Crippen molar-refractivity contribution >= 4 is 22.4 Å². The summed E-state index contributed by atoms with van der Waals surface area (Å²) in [6, 6.07) is 6.46. The van der Waals surface area contributed by atoms with E-state index < -0.39 is 10.0 Å². The largest absolute Gasteiger partial charge is 0.494 e. The molecule has 7 heteroatoms. The van der Waals surface area contributed by atoms with Crippen LogP contribution in [0.5, 0.6) is 5.75 Å². The van der Waals surface area contributed by atoms with E-state index in [0.29, 0.717) is 18.9 Å². The molecule has 1 aromatic rings. The molecule has 21 heavy (non-hydrogen) atoms. The van der Waals surface area contributed by atoms with Crippen molar-refractivity contribution in [3.8, 4) is 5.75 Å². The predicted octanol–water partition coefficient (Wildman–Crippen LogP) is 1.71. The molecule has 0 spiro atoms. The van der Waals surface area contributed by atoms with E-state index in [1.807, 2.05) is 13.0 Å². The maximum Gasteiger partial charge on any atom is 0.240 e. The van der Waals surface area contributed by atoms with Gasteiger partial charge in [-0.3, -0.25) is 0 Å². The zero-order chi connectivity index (χ0) is 14.4. The maximum absolute atomic E-state index is 12.1. The first-order valence-corrected chi connectivity index (χ1v) is 8.21. The standard InChI is InChI=1S/C14H20N2O3S.ClH/c1-2-19-13-3-5-14(6-4-13)20(17,18)16-11-12-7-9-15-10-8-12;/h3-7,15-16H,2,8-11H2,1H3;1H. The molecule has 0 fully saturated rings. The van der Waals surface area contributed by atoms with Crippen LogP contribution in [0.4, 0.5) is 0 Å². The van der Waals surface area contributed by atoms with Crippen LogP contribution in [0.15, 0.2) is 40.8 Å². The number of nitrogens with one attached hydrogen (secondary N) is 2. The minimum atomic E-state index is -3.46. The summed E-state index contributed by atoms with van der Waals surface area (Å²) in [5.74, 6) is 0.674. The lowest BCUT2D eigenvalue weighted by molar-refractivity contribution is 0.340. The molecule has 0 saturated heterocycles. The Morgan fingerprint density at radius 1 is 1.29 bits per heavy atom. The maximum atomic E-state index is 12.1. The number of sulfonamides is 1. The fourth-order valence-corrected chi connectivity index (χ4v) is 3.02. The van der Waals surface area contributed by atoms with Crippen LogP contribution in [0, 0.1) is 0 Å². The van der Waals surface area contributed by atoms with E-state index in [1.165, 1.54) is 0 Å². The molecular weight excluding hydrogens is 312 g/mol. The summed E-state index contributed by atoms with van der Waals surface area (Å²) >= 11 is 0. The minimum Gasteiger partial charge on any atom is -0.494 e. The molecule has 2 N–H and O–H groups in total. The number of hydrogen-bond acceptors (Lipinski definition) is 4. The average molecular weight is 333 g/mol. The van der Waals surface area contributed by atoms with Crippen LogP contribution in [0.2, 0.25) is 0 Å². The van der Waals surface area contributed by atoms with Crippen molar-refractivity contribution in [2.75, 3.05) is 26.2 Å². The third-order valence-electron chi connectivity index (χ3n) is 3.09. The van der Waals surface area contributed by atoms with E-state index in [9.17, 15) is 8.42 Å². The van der Waals surface area contributed by atoms with E-state index in [-0.39, 0.29) is 17.3 Å². The monoisotopic (exact) mass is 332 g/mol. The molecule has 0 saturated carbocycles. The van der Waals surface area contributed by atoms with Crippen molar-refractivity contribution in [2.24, 2.45) is 0 Å². The highest BCUT2D eigenvalue weighted by molar-refractivity contribution is 7.89. The highest BCUT2D eigenvalue weighted by atomic mass is 35.5. The lowest BCUT2D eigenvalue weighted by Gasteiger charge is -2.14. The summed E-state index contributed by atoms with van der Waals surface area (Å²) in [6.07, 6.45) is 2.91. The van der Waals surface area contributed by atoms with Gasteiger partial charge in [-0.25, -0.2) is 13.1 Å². The van der Waals surface area contributed by atoms with Gasteiger partial charge in [0, 0.05) is 13.1 Å². The Labute approximate surface area is 132 Å². The van der Waals surface area contributed by atoms with Gasteiger partial charge in [-0.05, 0) is 44.2 Å². The van der Waals surface area contributed by atoms with E-state index >= 15 is 0 Å². The third kappa shape index (κ3) is 5.32. The molecule has 2 rings (SSSR count). The lowest BCUT2D eigenvalue weighted by atomic mass is 10.1. The molecule has 1 heterocycles. The topological polar surface area (TPSA) is 67.4 Å². The normalized spacial score (nSPS) is 15.0. The van der Waals surface area contributed by atoms with Gasteiger partial charge in [0.05, 0.1) is 11.5 Å². The predicted molar refractivity (Wildman–Crippen MR) is 85.6 cm³/mol. The number of ether oxygens (including phenoxy) is 1. The Balaban J connectivity index is 0.00000220. The van der Waals surface area contributed by atoms with Gasteiger partial charge in [0.25, 0.3) is 0 Å². The molecule has 0 aromatic heterocycles. The summed E-state index contributed by atoms with van der Waals surface area (Å²) in [7, 11) is -3.46. The van der Waals surface area contributed by atoms with Crippen molar-refractivity contribution < 1.29 is 13.2 Å². The van der Waals surface area contributed by atoms with E-state index in [4.69, 9.17) is 4.74 Å². The molecule has 0 atom stereocenters.